The van der Waals surface area contributed by atoms with Crippen LogP contribution in [0.3, 0.4) is 0 Å². The standard InChI is InChI=1S/C17H14N8O3S2/c1-10(26)19-14-13(23-28-24-14)15-21-22-17(25(15)11-5-3-2-4-6-11)30-9-12(27)20-16-18-7-8-29-16/h2-8H,9H2,1H3,(H,18,20,27)(H,19,24,26). The topological polar surface area (TPSA) is 141 Å². The summed E-state index contributed by atoms with van der Waals surface area (Å²) in [5, 5.41) is 24.0. The number of aromatic nitrogens is 6. The summed E-state index contributed by atoms with van der Waals surface area (Å²) in [6.07, 6.45) is 1.62. The molecule has 0 aliphatic heterocycles. The Labute approximate surface area is 177 Å². The number of thiazole rings is 1. The van der Waals surface area contributed by atoms with Crippen LogP contribution in [0, 0.1) is 0 Å². The molecule has 13 heteroatoms. The van der Waals surface area contributed by atoms with Gasteiger partial charge in [0, 0.05) is 24.2 Å². The van der Waals surface area contributed by atoms with E-state index in [-0.39, 0.29) is 29.1 Å². The molecule has 0 atom stereocenters. The van der Waals surface area contributed by atoms with E-state index in [0.29, 0.717) is 16.1 Å². The maximum absolute atomic E-state index is 12.2. The van der Waals surface area contributed by atoms with Crippen molar-refractivity contribution in [3.05, 3.63) is 41.9 Å². The van der Waals surface area contributed by atoms with E-state index in [1.165, 1.54) is 30.0 Å². The molecule has 0 saturated carbocycles. The zero-order chi connectivity index (χ0) is 20.9. The molecular formula is C17H14N8O3S2. The van der Waals surface area contributed by atoms with Crippen molar-refractivity contribution in [1.82, 2.24) is 30.1 Å². The van der Waals surface area contributed by atoms with Gasteiger partial charge in [0.2, 0.25) is 17.6 Å². The lowest BCUT2D eigenvalue weighted by Crippen LogP contribution is -2.14. The van der Waals surface area contributed by atoms with E-state index in [9.17, 15) is 9.59 Å². The number of benzene rings is 1. The quantitative estimate of drug-likeness (QED) is 0.413. The number of hydrogen-bond acceptors (Lipinski definition) is 10. The summed E-state index contributed by atoms with van der Waals surface area (Å²) in [5.41, 5.74) is 0.970. The van der Waals surface area contributed by atoms with Crippen molar-refractivity contribution in [1.29, 1.82) is 0 Å². The highest BCUT2D eigenvalue weighted by Crippen LogP contribution is 2.30. The Kier molecular flexibility index (Phi) is 5.81. The minimum atomic E-state index is -0.328. The molecular weight excluding hydrogens is 428 g/mol. The zero-order valence-electron chi connectivity index (χ0n) is 15.5. The van der Waals surface area contributed by atoms with Gasteiger partial charge in [0.1, 0.15) is 0 Å². The number of carbonyl (C=O) groups excluding carboxylic acids is 2. The lowest BCUT2D eigenvalue weighted by atomic mass is 10.3. The van der Waals surface area contributed by atoms with Crippen molar-refractivity contribution in [3.8, 4) is 17.2 Å². The third-order valence-electron chi connectivity index (χ3n) is 3.65. The molecule has 0 aliphatic carbocycles. The van der Waals surface area contributed by atoms with Crippen molar-refractivity contribution >= 4 is 45.9 Å². The Hall–Kier alpha value is -3.58. The number of carbonyl (C=O) groups is 2. The van der Waals surface area contributed by atoms with Gasteiger partial charge in [-0.15, -0.1) is 21.5 Å². The number of amides is 2. The summed E-state index contributed by atoms with van der Waals surface area (Å²) in [7, 11) is 0. The fourth-order valence-electron chi connectivity index (χ4n) is 2.48. The molecule has 4 aromatic rings. The van der Waals surface area contributed by atoms with Gasteiger partial charge in [0.15, 0.2) is 21.8 Å². The van der Waals surface area contributed by atoms with Crippen LogP contribution in [0.5, 0.6) is 0 Å². The number of thioether (sulfide) groups is 1. The second kappa shape index (κ2) is 8.84. The SMILES string of the molecule is CC(=O)Nc1nonc1-c1nnc(SCC(=O)Nc2nccs2)n1-c1ccccc1. The van der Waals surface area contributed by atoms with Crippen molar-refractivity contribution < 1.29 is 14.2 Å². The number of para-hydroxylation sites is 1. The van der Waals surface area contributed by atoms with Crippen molar-refractivity contribution in [3.63, 3.8) is 0 Å². The average molecular weight is 442 g/mol. The fraction of sp³-hybridized carbons (Fsp3) is 0.118. The third kappa shape index (κ3) is 4.36. The smallest absolute Gasteiger partial charge is 0.236 e. The molecule has 0 aliphatic rings. The molecule has 1 aromatic carbocycles. The summed E-state index contributed by atoms with van der Waals surface area (Å²) in [6, 6.07) is 9.31. The van der Waals surface area contributed by atoms with E-state index in [4.69, 9.17) is 4.63 Å². The molecule has 2 amide bonds. The number of rotatable bonds is 7. The summed E-state index contributed by atoms with van der Waals surface area (Å²) < 4.78 is 6.50. The molecule has 0 bridgehead atoms. The molecule has 0 unspecified atom stereocenters. The first-order valence-electron chi connectivity index (χ1n) is 8.55. The predicted octanol–water partition coefficient (Wildman–Crippen LogP) is 2.46. The van der Waals surface area contributed by atoms with Gasteiger partial charge in [-0.3, -0.25) is 14.2 Å². The second-order valence-electron chi connectivity index (χ2n) is 5.79. The van der Waals surface area contributed by atoms with E-state index < -0.39 is 0 Å². The number of nitrogens with one attached hydrogen (secondary N) is 2. The largest absolute Gasteiger partial charge is 0.306 e. The van der Waals surface area contributed by atoms with E-state index in [1.807, 2.05) is 30.3 Å². The lowest BCUT2D eigenvalue weighted by Gasteiger charge is -2.09. The molecule has 0 saturated heterocycles. The molecule has 3 heterocycles. The van der Waals surface area contributed by atoms with Crippen LogP contribution in [0.15, 0.2) is 51.7 Å². The van der Waals surface area contributed by atoms with Gasteiger partial charge < -0.3 is 10.6 Å². The van der Waals surface area contributed by atoms with Crippen LogP contribution in [0.25, 0.3) is 17.2 Å². The number of anilines is 2. The maximum atomic E-state index is 12.2. The van der Waals surface area contributed by atoms with Crippen molar-refractivity contribution in [2.45, 2.75) is 12.1 Å². The first-order valence-corrected chi connectivity index (χ1v) is 10.4. The Morgan fingerprint density at radius 2 is 2.00 bits per heavy atom. The van der Waals surface area contributed by atoms with E-state index in [0.717, 1.165) is 5.69 Å². The number of hydrogen-bond donors (Lipinski definition) is 2. The highest BCUT2D eigenvalue weighted by molar-refractivity contribution is 7.99. The van der Waals surface area contributed by atoms with Crippen LogP contribution < -0.4 is 10.6 Å². The minimum Gasteiger partial charge on any atom is -0.306 e. The van der Waals surface area contributed by atoms with Gasteiger partial charge in [-0.1, -0.05) is 30.0 Å². The van der Waals surface area contributed by atoms with Crippen LogP contribution in [0.1, 0.15) is 6.92 Å². The fourth-order valence-corrected chi connectivity index (χ4v) is 3.78. The molecule has 3 aromatic heterocycles. The first kappa shape index (κ1) is 19.7. The molecule has 11 nitrogen and oxygen atoms in total. The Balaban J connectivity index is 1.64. The Morgan fingerprint density at radius 1 is 1.17 bits per heavy atom. The zero-order valence-corrected chi connectivity index (χ0v) is 17.1. The first-order chi connectivity index (χ1) is 14.6. The van der Waals surface area contributed by atoms with Gasteiger partial charge in [0.05, 0.1) is 5.75 Å². The van der Waals surface area contributed by atoms with Crippen LogP contribution in [-0.4, -0.2) is 47.6 Å². The molecule has 4 rings (SSSR count). The van der Waals surface area contributed by atoms with E-state index >= 15 is 0 Å². The van der Waals surface area contributed by atoms with Gasteiger partial charge in [-0.2, -0.15) is 0 Å². The number of nitrogens with zero attached hydrogens (tertiary/aromatic N) is 6. The lowest BCUT2D eigenvalue weighted by molar-refractivity contribution is -0.114. The van der Waals surface area contributed by atoms with Gasteiger partial charge in [0.25, 0.3) is 0 Å². The van der Waals surface area contributed by atoms with Gasteiger partial charge in [-0.05, 0) is 22.4 Å². The van der Waals surface area contributed by atoms with Crippen LogP contribution in [-0.2, 0) is 9.59 Å². The highest BCUT2D eigenvalue weighted by atomic mass is 32.2. The normalized spacial score (nSPS) is 10.7. The predicted molar refractivity (Wildman–Crippen MR) is 110 cm³/mol. The highest BCUT2D eigenvalue weighted by Gasteiger charge is 2.24. The third-order valence-corrected chi connectivity index (χ3v) is 5.27. The monoisotopic (exact) mass is 442 g/mol. The Morgan fingerprint density at radius 3 is 2.73 bits per heavy atom. The van der Waals surface area contributed by atoms with Gasteiger partial charge in [-0.25, -0.2) is 9.61 Å². The maximum Gasteiger partial charge on any atom is 0.236 e. The van der Waals surface area contributed by atoms with Crippen molar-refractivity contribution in [2.24, 2.45) is 0 Å². The summed E-state index contributed by atoms with van der Waals surface area (Å²) in [5.74, 6) is -0.00770. The summed E-state index contributed by atoms with van der Waals surface area (Å²) in [6.45, 7) is 1.35. The van der Waals surface area contributed by atoms with Gasteiger partial charge >= 0.3 is 0 Å². The molecule has 30 heavy (non-hydrogen) atoms. The van der Waals surface area contributed by atoms with Crippen LogP contribution in [0.4, 0.5) is 10.9 Å². The van der Waals surface area contributed by atoms with Crippen molar-refractivity contribution in [2.75, 3.05) is 16.4 Å². The Bertz CT molecular complexity index is 1160. The summed E-state index contributed by atoms with van der Waals surface area (Å²) >= 11 is 2.53. The molecule has 152 valence electrons. The molecule has 2 N–H and O–H groups in total. The molecule has 0 fully saturated rings. The summed E-state index contributed by atoms with van der Waals surface area (Å²) in [4.78, 5) is 27.7. The van der Waals surface area contributed by atoms with E-state index in [2.05, 4.69) is 36.1 Å². The second-order valence-corrected chi connectivity index (χ2v) is 7.63. The average Bonchev–Trinajstić information content (AvgIpc) is 3.47. The van der Waals surface area contributed by atoms with Crippen LogP contribution >= 0.6 is 23.1 Å². The minimum absolute atomic E-state index is 0.0974. The molecule has 0 radical (unpaired) electrons. The van der Waals surface area contributed by atoms with E-state index in [1.54, 1.807) is 16.1 Å². The van der Waals surface area contributed by atoms with Crippen LogP contribution in [0.2, 0.25) is 0 Å². The molecule has 0 spiro atoms.